The normalized spacial score (nSPS) is 27.4. The number of carbonyl (C=O) groups is 2. The molecule has 19 heavy (non-hydrogen) atoms. The summed E-state index contributed by atoms with van der Waals surface area (Å²) >= 11 is 0. The van der Waals surface area contributed by atoms with Crippen molar-refractivity contribution in [3.05, 3.63) is 0 Å². The van der Waals surface area contributed by atoms with Crippen LogP contribution in [0.15, 0.2) is 0 Å². The van der Waals surface area contributed by atoms with Crippen LogP contribution < -0.4 is 10.6 Å². The molecule has 0 radical (unpaired) electrons. The molecule has 0 aromatic heterocycles. The zero-order valence-electron chi connectivity index (χ0n) is 11.4. The second-order valence-corrected chi connectivity index (χ2v) is 5.87. The Balaban J connectivity index is 1.56. The van der Waals surface area contributed by atoms with Crippen molar-refractivity contribution in [2.75, 3.05) is 6.54 Å². The SMILES string of the molecule is O=C(NCCC1CCC1)NC1CCC(C(=O)O)CC1. The number of rotatable bonds is 5. The summed E-state index contributed by atoms with van der Waals surface area (Å²) in [5, 5.41) is 14.7. The maximum atomic E-state index is 11.7. The van der Waals surface area contributed by atoms with Crippen LogP contribution in [0.2, 0.25) is 0 Å². The van der Waals surface area contributed by atoms with Crippen molar-refractivity contribution in [2.45, 2.75) is 57.4 Å². The minimum absolute atomic E-state index is 0.0990. The van der Waals surface area contributed by atoms with E-state index in [4.69, 9.17) is 5.11 Å². The van der Waals surface area contributed by atoms with Crippen molar-refractivity contribution >= 4 is 12.0 Å². The van der Waals surface area contributed by atoms with Gasteiger partial charge in [0.25, 0.3) is 0 Å². The molecule has 2 rings (SSSR count). The van der Waals surface area contributed by atoms with Crippen molar-refractivity contribution < 1.29 is 14.7 Å². The predicted octanol–water partition coefficient (Wildman–Crippen LogP) is 2.12. The highest BCUT2D eigenvalue weighted by Gasteiger charge is 2.26. The number of nitrogens with one attached hydrogen (secondary N) is 2. The first kappa shape index (κ1) is 14.2. The summed E-state index contributed by atoms with van der Waals surface area (Å²) in [7, 11) is 0. The Morgan fingerprint density at radius 1 is 1.05 bits per heavy atom. The topological polar surface area (TPSA) is 78.4 Å². The number of carboxylic acids is 1. The minimum atomic E-state index is -0.705. The van der Waals surface area contributed by atoms with Gasteiger partial charge in [-0.3, -0.25) is 4.79 Å². The van der Waals surface area contributed by atoms with E-state index >= 15 is 0 Å². The van der Waals surface area contributed by atoms with Crippen LogP contribution in [-0.2, 0) is 4.79 Å². The molecule has 0 saturated heterocycles. The van der Waals surface area contributed by atoms with Crippen LogP contribution in [0.5, 0.6) is 0 Å². The van der Waals surface area contributed by atoms with Gasteiger partial charge in [-0.15, -0.1) is 0 Å². The fourth-order valence-electron chi connectivity index (χ4n) is 2.89. The van der Waals surface area contributed by atoms with Crippen LogP contribution >= 0.6 is 0 Å². The first-order chi connectivity index (χ1) is 9.15. The summed E-state index contributed by atoms with van der Waals surface area (Å²) in [5.41, 5.74) is 0. The molecule has 3 N–H and O–H groups in total. The third kappa shape index (κ3) is 4.40. The lowest BCUT2D eigenvalue weighted by atomic mass is 9.83. The second-order valence-electron chi connectivity index (χ2n) is 5.87. The molecule has 0 atom stereocenters. The van der Waals surface area contributed by atoms with E-state index < -0.39 is 5.97 Å². The molecule has 2 saturated carbocycles. The maximum Gasteiger partial charge on any atom is 0.315 e. The number of carbonyl (C=O) groups excluding carboxylic acids is 1. The van der Waals surface area contributed by atoms with E-state index in [9.17, 15) is 9.59 Å². The van der Waals surface area contributed by atoms with Gasteiger partial charge in [-0.05, 0) is 38.0 Å². The monoisotopic (exact) mass is 268 g/mol. The summed E-state index contributed by atoms with van der Waals surface area (Å²) in [5.74, 6) is -0.116. The average molecular weight is 268 g/mol. The number of carboxylic acid groups (broad SMARTS) is 1. The molecule has 0 aliphatic heterocycles. The van der Waals surface area contributed by atoms with E-state index in [2.05, 4.69) is 10.6 Å². The molecule has 5 nitrogen and oxygen atoms in total. The fraction of sp³-hybridized carbons (Fsp3) is 0.857. The lowest BCUT2D eigenvalue weighted by Gasteiger charge is -2.27. The van der Waals surface area contributed by atoms with E-state index in [0.717, 1.165) is 31.7 Å². The van der Waals surface area contributed by atoms with Gasteiger partial charge >= 0.3 is 12.0 Å². The number of aliphatic carboxylic acids is 1. The summed E-state index contributed by atoms with van der Waals surface area (Å²) in [6.45, 7) is 0.751. The van der Waals surface area contributed by atoms with E-state index in [1.807, 2.05) is 0 Å². The van der Waals surface area contributed by atoms with E-state index in [1.165, 1.54) is 19.3 Å². The summed E-state index contributed by atoms with van der Waals surface area (Å²) < 4.78 is 0. The van der Waals surface area contributed by atoms with E-state index in [1.54, 1.807) is 0 Å². The molecular formula is C14H24N2O3. The molecule has 2 amide bonds. The molecule has 5 heteroatoms. The van der Waals surface area contributed by atoms with Crippen LogP contribution in [0.3, 0.4) is 0 Å². The Morgan fingerprint density at radius 2 is 1.74 bits per heavy atom. The highest BCUT2D eigenvalue weighted by atomic mass is 16.4. The molecule has 2 aliphatic carbocycles. The highest BCUT2D eigenvalue weighted by Crippen LogP contribution is 2.28. The predicted molar refractivity (Wildman–Crippen MR) is 71.9 cm³/mol. The van der Waals surface area contributed by atoms with Gasteiger partial charge < -0.3 is 15.7 Å². The fourth-order valence-corrected chi connectivity index (χ4v) is 2.89. The van der Waals surface area contributed by atoms with Gasteiger partial charge in [-0.1, -0.05) is 19.3 Å². The molecule has 0 heterocycles. The lowest BCUT2D eigenvalue weighted by Crippen LogP contribution is -2.44. The Morgan fingerprint density at radius 3 is 2.26 bits per heavy atom. The first-order valence-corrected chi connectivity index (χ1v) is 7.42. The Kier molecular flexibility index (Phi) is 5.05. The first-order valence-electron chi connectivity index (χ1n) is 7.42. The molecule has 108 valence electrons. The molecular weight excluding hydrogens is 244 g/mol. The van der Waals surface area contributed by atoms with Gasteiger partial charge in [-0.25, -0.2) is 4.79 Å². The Hall–Kier alpha value is -1.26. The Bertz CT molecular complexity index is 321. The molecule has 0 aromatic carbocycles. The minimum Gasteiger partial charge on any atom is -0.481 e. The third-order valence-electron chi connectivity index (χ3n) is 4.47. The quantitative estimate of drug-likeness (QED) is 0.714. The second kappa shape index (κ2) is 6.78. The number of hydrogen-bond donors (Lipinski definition) is 3. The van der Waals surface area contributed by atoms with Crippen LogP contribution in [-0.4, -0.2) is 29.7 Å². The van der Waals surface area contributed by atoms with Crippen molar-refractivity contribution in [1.82, 2.24) is 10.6 Å². The lowest BCUT2D eigenvalue weighted by molar-refractivity contribution is -0.142. The standard InChI is InChI=1S/C14H24N2O3/c17-13(18)11-4-6-12(7-5-11)16-14(19)15-9-8-10-2-1-3-10/h10-12H,1-9H2,(H,17,18)(H2,15,16,19). The van der Waals surface area contributed by atoms with E-state index in [0.29, 0.717) is 12.8 Å². The largest absolute Gasteiger partial charge is 0.481 e. The van der Waals surface area contributed by atoms with Crippen LogP contribution in [0.25, 0.3) is 0 Å². The molecule has 0 unspecified atom stereocenters. The summed E-state index contributed by atoms with van der Waals surface area (Å²) in [6, 6.07) is 0.0393. The van der Waals surface area contributed by atoms with Gasteiger partial charge in [-0.2, -0.15) is 0 Å². The number of urea groups is 1. The summed E-state index contributed by atoms with van der Waals surface area (Å²) in [6.07, 6.45) is 7.92. The highest BCUT2D eigenvalue weighted by molar-refractivity contribution is 5.74. The smallest absolute Gasteiger partial charge is 0.315 e. The van der Waals surface area contributed by atoms with Gasteiger partial charge in [0.05, 0.1) is 5.92 Å². The van der Waals surface area contributed by atoms with Gasteiger partial charge in [0.1, 0.15) is 0 Å². The molecule has 2 fully saturated rings. The van der Waals surface area contributed by atoms with Crippen molar-refractivity contribution in [3.8, 4) is 0 Å². The van der Waals surface area contributed by atoms with Gasteiger partial charge in [0.15, 0.2) is 0 Å². The van der Waals surface area contributed by atoms with E-state index in [-0.39, 0.29) is 18.0 Å². The van der Waals surface area contributed by atoms with Gasteiger partial charge in [0, 0.05) is 12.6 Å². The number of amides is 2. The zero-order chi connectivity index (χ0) is 13.7. The van der Waals surface area contributed by atoms with Crippen molar-refractivity contribution in [3.63, 3.8) is 0 Å². The third-order valence-corrected chi connectivity index (χ3v) is 4.47. The van der Waals surface area contributed by atoms with Crippen molar-refractivity contribution in [2.24, 2.45) is 11.8 Å². The van der Waals surface area contributed by atoms with Crippen molar-refractivity contribution in [1.29, 1.82) is 0 Å². The van der Waals surface area contributed by atoms with Gasteiger partial charge in [0.2, 0.25) is 0 Å². The molecule has 0 aromatic rings. The molecule has 0 bridgehead atoms. The summed E-state index contributed by atoms with van der Waals surface area (Å²) in [4.78, 5) is 22.5. The van der Waals surface area contributed by atoms with Crippen LogP contribution in [0.1, 0.15) is 51.4 Å². The molecule has 0 spiro atoms. The maximum absolute atomic E-state index is 11.7. The Labute approximate surface area is 114 Å². The van der Waals surface area contributed by atoms with Crippen LogP contribution in [0, 0.1) is 11.8 Å². The molecule has 2 aliphatic rings. The average Bonchev–Trinajstić information content (AvgIpc) is 2.33. The van der Waals surface area contributed by atoms with Crippen LogP contribution in [0.4, 0.5) is 4.79 Å². The zero-order valence-corrected chi connectivity index (χ0v) is 11.4. The number of hydrogen-bond acceptors (Lipinski definition) is 2.